The Morgan fingerprint density at radius 2 is 0.765 bits per heavy atom. The van der Waals surface area contributed by atoms with Crippen LogP contribution in [0.4, 0.5) is 0 Å². The Balaban J connectivity index is 1.45. The van der Waals surface area contributed by atoms with Crippen molar-refractivity contribution < 1.29 is 0 Å². The molecule has 0 fully saturated rings. The summed E-state index contributed by atoms with van der Waals surface area (Å²) < 4.78 is 0. The van der Waals surface area contributed by atoms with Crippen LogP contribution in [0, 0.1) is 0 Å². The van der Waals surface area contributed by atoms with E-state index in [0.29, 0.717) is 0 Å². The molecule has 0 saturated heterocycles. The molecule has 0 nitrogen and oxygen atoms in total. The predicted octanol–water partition coefficient (Wildman–Crippen LogP) is 11.0. The summed E-state index contributed by atoms with van der Waals surface area (Å²) in [6, 6.07) is 23.7. The van der Waals surface area contributed by atoms with Crippen LogP contribution in [0.25, 0.3) is 32.3 Å². The maximum absolute atomic E-state index is 2.43. The quantitative estimate of drug-likeness (QED) is 0.132. The Morgan fingerprint density at radius 3 is 1.21 bits per heavy atom. The van der Waals surface area contributed by atoms with Crippen LogP contribution >= 0.6 is 0 Å². The number of benzene rings is 4. The van der Waals surface area contributed by atoms with Crippen LogP contribution in [0.2, 0.25) is 0 Å². The Labute approximate surface area is 207 Å². The molecule has 34 heavy (non-hydrogen) atoms. The van der Waals surface area contributed by atoms with E-state index in [9.17, 15) is 0 Å². The number of hydrogen-bond donors (Lipinski definition) is 0. The molecule has 0 heteroatoms. The van der Waals surface area contributed by atoms with Crippen molar-refractivity contribution in [3.8, 4) is 0 Å². The lowest BCUT2D eigenvalue weighted by Crippen LogP contribution is -1.89. The van der Waals surface area contributed by atoms with E-state index in [1.807, 2.05) is 0 Å². The van der Waals surface area contributed by atoms with Gasteiger partial charge in [0.2, 0.25) is 0 Å². The molecule has 0 saturated carbocycles. The van der Waals surface area contributed by atoms with Gasteiger partial charge in [0.25, 0.3) is 0 Å². The molecule has 4 aromatic carbocycles. The zero-order chi connectivity index (χ0) is 23.6. The number of fused-ring (bicyclic) bond motifs is 5. The number of unbranched alkanes of at least 4 members (excludes halogenated alkanes) is 10. The normalized spacial score (nSPS) is 11.7. The predicted molar refractivity (Wildman–Crippen MR) is 153 cm³/mol. The van der Waals surface area contributed by atoms with Gasteiger partial charge in [0.1, 0.15) is 0 Å². The van der Waals surface area contributed by atoms with Gasteiger partial charge < -0.3 is 0 Å². The third-order valence-electron chi connectivity index (χ3n) is 7.60. The second-order valence-electron chi connectivity index (χ2n) is 10.4. The molecule has 0 amide bonds. The fraction of sp³-hybridized carbons (Fsp3) is 0.471. The molecule has 4 rings (SSSR count). The highest BCUT2D eigenvalue weighted by atomic mass is 14.1. The average Bonchev–Trinajstić information content (AvgIpc) is 2.87. The van der Waals surface area contributed by atoms with Crippen LogP contribution in [0.1, 0.15) is 102 Å². The molecular weight excluding hydrogens is 408 g/mol. The van der Waals surface area contributed by atoms with E-state index in [2.05, 4.69) is 74.5 Å². The van der Waals surface area contributed by atoms with Crippen LogP contribution < -0.4 is 0 Å². The lowest BCUT2D eigenvalue weighted by Gasteiger charge is -2.11. The summed E-state index contributed by atoms with van der Waals surface area (Å²) in [5.41, 5.74) is 2.98. The summed E-state index contributed by atoms with van der Waals surface area (Å²) in [5, 5.41) is 8.33. The number of rotatable bonds is 14. The molecule has 180 valence electrons. The highest BCUT2D eigenvalue weighted by Gasteiger charge is 2.07. The van der Waals surface area contributed by atoms with E-state index in [1.54, 1.807) is 0 Å². The van der Waals surface area contributed by atoms with E-state index in [1.165, 1.54) is 133 Å². The first-order valence-corrected chi connectivity index (χ1v) is 14.2. The second kappa shape index (κ2) is 12.9. The van der Waals surface area contributed by atoms with E-state index in [0.717, 1.165) is 0 Å². The van der Waals surface area contributed by atoms with Gasteiger partial charge in [0.05, 0.1) is 0 Å². The Morgan fingerprint density at radius 1 is 0.382 bits per heavy atom. The van der Waals surface area contributed by atoms with Gasteiger partial charge in [-0.1, -0.05) is 139 Å². The average molecular weight is 453 g/mol. The standard InChI is InChI=1S/C34H44/c1-3-5-7-9-11-13-15-27-17-21-31-29(25-27)19-23-34-32-22-18-28(16-14-12-10-8-6-4-2)26-30(32)20-24-33(31)34/h17-26H,3-16H2,1-2H3. The Bertz CT molecular complexity index is 1090. The minimum absolute atomic E-state index is 1.21. The monoisotopic (exact) mass is 452 g/mol. The van der Waals surface area contributed by atoms with Crippen molar-refractivity contribution in [1.82, 2.24) is 0 Å². The maximum atomic E-state index is 2.43. The molecule has 0 aliphatic carbocycles. The molecule has 0 spiro atoms. The van der Waals surface area contributed by atoms with Crippen molar-refractivity contribution in [3.63, 3.8) is 0 Å². The van der Waals surface area contributed by atoms with E-state index < -0.39 is 0 Å². The first-order chi connectivity index (χ1) is 16.8. The molecule has 0 N–H and O–H groups in total. The third-order valence-corrected chi connectivity index (χ3v) is 7.60. The third kappa shape index (κ3) is 6.41. The Kier molecular flexibility index (Phi) is 9.43. The summed E-state index contributed by atoms with van der Waals surface area (Å²) in [7, 11) is 0. The molecule has 0 aromatic heterocycles. The summed E-state index contributed by atoms with van der Waals surface area (Å²) in [4.78, 5) is 0. The van der Waals surface area contributed by atoms with E-state index >= 15 is 0 Å². The van der Waals surface area contributed by atoms with Gasteiger partial charge in [-0.15, -0.1) is 0 Å². The summed E-state index contributed by atoms with van der Waals surface area (Å²) in [6.45, 7) is 4.58. The summed E-state index contributed by atoms with van der Waals surface area (Å²) in [5.74, 6) is 0. The smallest absolute Gasteiger partial charge is 0.00990 e. The first-order valence-electron chi connectivity index (χ1n) is 14.2. The molecule has 0 bridgehead atoms. The van der Waals surface area contributed by atoms with E-state index in [4.69, 9.17) is 0 Å². The minimum atomic E-state index is 1.21. The van der Waals surface area contributed by atoms with Gasteiger partial charge in [-0.05, 0) is 69.1 Å². The minimum Gasteiger partial charge on any atom is -0.0654 e. The number of aryl methyl sites for hydroxylation is 2. The molecule has 4 aromatic rings. The second-order valence-corrected chi connectivity index (χ2v) is 10.4. The van der Waals surface area contributed by atoms with Gasteiger partial charge >= 0.3 is 0 Å². The molecule has 0 heterocycles. The van der Waals surface area contributed by atoms with Crippen LogP contribution in [-0.4, -0.2) is 0 Å². The van der Waals surface area contributed by atoms with Crippen molar-refractivity contribution in [2.75, 3.05) is 0 Å². The van der Waals surface area contributed by atoms with Crippen molar-refractivity contribution in [3.05, 3.63) is 71.8 Å². The largest absolute Gasteiger partial charge is 0.0654 e. The highest BCUT2D eigenvalue weighted by Crippen LogP contribution is 2.32. The van der Waals surface area contributed by atoms with Gasteiger partial charge in [-0.25, -0.2) is 0 Å². The van der Waals surface area contributed by atoms with Crippen molar-refractivity contribution in [2.24, 2.45) is 0 Å². The van der Waals surface area contributed by atoms with Crippen LogP contribution in [0.5, 0.6) is 0 Å². The topological polar surface area (TPSA) is 0 Å². The zero-order valence-corrected chi connectivity index (χ0v) is 21.7. The highest BCUT2D eigenvalue weighted by molar-refractivity contribution is 6.17. The van der Waals surface area contributed by atoms with Gasteiger partial charge in [0, 0.05) is 0 Å². The molecule has 0 aliphatic rings. The number of hydrogen-bond acceptors (Lipinski definition) is 0. The summed E-state index contributed by atoms with van der Waals surface area (Å²) in [6.07, 6.45) is 18.8. The maximum Gasteiger partial charge on any atom is -0.00990 e. The van der Waals surface area contributed by atoms with E-state index in [-0.39, 0.29) is 0 Å². The van der Waals surface area contributed by atoms with Crippen molar-refractivity contribution >= 4 is 32.3 Å². The fourth-order valence-corrected chi connectivity index (χ4v) is 5.52. The lowest BCUT2D eigenvalue weighted by atomic mass is 9.94. The SMILES string of the molecule is CCCCCCCCc1ccc2c(ccc3c4ccc(CCCCCCCC)cc4ccc23)c1. The van der Waals surface area contributed by atoms with Gasteiger partial charge in [-0.2, -0.15) is 0 Å². The zero-order valence-electron chi connectivity index (χ0n) is 21.7. The molecule has 0 radical (unpaired) electrons. The van der Waals surface area contributed by atoms with Crippen LogP contribution in [-0.2, 0) is 12.8 Å². The van der Waals surface area contributed by atoms with Gasteiger partial charge in [0.15, 0.2) is 0 Å². The molecule has 0 aliphatic heterocycles. The van der Waals surface area contributed by atoms with Crippen molar-refractivity contribution in [2.45, 2.75) is 104 Å². The van der Waals surface area contributed by atoms with Crippen LogP contribution in [0.15, 0.2) is 60.7 Å². The fourth-order valence-electron chi connectivity index (χ4n) is 5.52. The van der Waals surface area contributed by atoms with Gasteiger partial charge in [-0.3, -0.25) is 0 Å². The first kappa shape index (κ1) is 24.8. The molecule has 0 unspecified atom stereocenters. The van der Waals surface area contributed by atoms with Crippen molar-refractivity contribution in [1.29, 1.82) is 0 Å². The summed E-state index contributed by atoms with van der Waals surface area (Å²) >= 11 is 0. The molecular formula is C34H44. The van der Waals surface area contributed by atoms with Crippen LogP contribution in [0.3, 0.4) is 0 Å². The molecule has 0 atom stereocenters. The Hall–Kier alpha value is -2.34. The lowest BCUT2D eigenvalue weighted by molar-refractivity contribution is 0.607.